The first-order valence-corrected chi connectivity index (χ1v) is 20.7. The van der Waals surface area contributed by atoms with E-state index in [4.69, 9.17) is 23.7 Å². The van der Waals surface area contributed by atoms with Crippen LogP contribution in [0.15, 0.2) is 11.6 Å². The summed E-state index contributed by atoms with van der Waals surface area (Å²) in [5, 5.41) is 99.1. The Kier molecular flexibility index (Phi) is 13.3. The van der Waals surface area contributed by atoms with Gasteiger partial charge in [0, 0.05) is 19.4 Å². The van der Waals surface area contributed by atoms with Crippen molar-refractivity contribution < 1.29 is 69.6 Å². The number of methoxy groups -OCH3 is 1. The second kappa shape index (κ2) is 16.7. The molecule has 14 nitrogen and oxygen atoms in total. The van der Waals surface area contributed by atoms with Crippen molar-refractivity contribution in [2.24, 2.45) is 52.3 Å². The second-order valence-corrected chi connectivity index (χ2v) is 19.0. The molecule has 0 aromatic carbocycles. The van der Waals surface area contributed by atoms with Gasteiger partial charge in [0.2, 0.25) is 0 Å². The number of hydrogen-bond donors (Lipinski definition) is 9. The van der Waals surface area contributed by atoms with E-state index in [0.717, 1.165) is 18.4 Å². The molecule has 0 aromatic heterocycles. The minimum Gasteiger partial charge on any atom is -0.390 e. The molecule has 0 radical (unpaired) electrons. The molecule has 2 heterocycles. The van der Waals surface area contributed by atoms with Gasteiger partial charge in [-0.25, -0.2) is 0 Å². The molecule has 21 atom stereocenters. The summed E-state index contributed by atoms with van der Waals surface area (Å²) in [6, 6.07) is 0. The molecule has 3 saturated carbocycles. The van der Waals surface area contributed by atoms with Crippen molar-refractivity contribution in [1.82, 2.24) is 0 Å². The van der Waals surface area contributed by atoms with Crippen molar-refractivity contribution >= 4 is 0 Å². The molecule has 6 aliphatic rings. The fourth-order valence-electron chi connectivity index (χ4n) is 12.6. The fourth-order valence-corrected chi connectivity index (χ4v) is 12.6. The maximum Gasteiger partial charge on any atom is 0.187 e. The highest BCUT2D eigenvalue weighted by atomic mass is 16.7. The Morgan fingerprint density at radius 1 is 0.800 bits per heavy atom. The van der Waals surface area contributed by atoms with E-state index in [1.165, 1.54) is 7.11 Å². The van der Waals surface area contributed by atoms with Crippen molar-refractivity contribution in [2.75, 3.05) is 26.9 Å². The fraction of sp³-hybridized carbons (Fsp3) is 0.951. The molecule has 0 spiro atoms. The lowest BCUT2D eigenvalue weighted by Gasteiger charge is -2.64. The summed E-state index contributed by atoms with van der Waals surface area (Å²) in [6.45, 7) is 12.8. The molecular formula is C41H70O14. The number of rotatable bonds is 12. The van der Waals surface area contributed by atoms with Crippen LogP contribution in [0.4, 0.5) is 0 Å². The van der Waals surface area contributed by atoms with E-state index in [9.17, 15) is 46.0 Å². The Hall–Kier alpha value is -0.820. The van der Waals surface area contributed by atoms with E-state index in [0.29, 0.717) is 38.2 Å². The van der Waals surface area contributed by atoms with E-state index in [1.807, 2.05) is 6.08 Å². The normalized spacial score (nSPS) is 50.4. The lowest BCUT2D eigenvalue weighted by atomic mass is 9.43. The van der Waals surface area contributed by atoms with Crippen LogP contribution in [-0.2, 0) is 23.7 Å². The predicted molar refractivity (Wildman–Crippen MR) is 198 cm³/mol. The van der Waals surface area contributed by atoms with Crippen molar-refractivity contribution in [3.63, 3.8) is 0 Å². The number of aliphatic hydroxyl groups is 9. The van der Waals surface area contributed by atoms with Gasteiger partial charge in [-0.1, -0.05) is 54.0 Å². The molecule has 6 rings (SSSR count). The van der Waals surface area contributed by atoms with Gasteiger partial charge in [-0.2, -0.15) is 0 Å². The van der Waals surface area contributed by atoms with Crippen LogP contribution in [0.1, 0.15) is 86.5 Å². The molecule has 2 aliphatic heterocycles. The third kappa shape index (κ3) is 7.74. The largest absolute Gasteiger partial charge is 0.390 e. The average Bonchev–Trinajstić information content (AvgIpc) is 3.33. The van der Waals surface area contributed by atoms with Crippen LogP contribution in [0.25, 0.3) is 0 Å². The number of fused-ring (bicyclic) bond motifs is 5. The third-order valence-corrected chi connectivity index (χ3v) is 15.4. The zero-order valence-electron chi connectivity index (χ0n) is 33.7. The Morgan fingerprint density at radius 3 is 2.11 bits per heavy atom. The summed E-state index contributed by atoms with van der Waals surface area (Å²) in [6.07, 6.45) is -6.42. The molecule has 0 aromatic rings. The van der Waals surface area contributed by atoms with Crippen LogP contribution >= 0.6 is 0 Å². The van der Waals surface area contributed by atoms with E-state index < -0.39 is 96.0 Å². The summed E-state index contributed by atoms with van der Waals surface area (Å²) in [4.78, 5) is 0. The number of hydrogen-bond acceptors (Lipinski definition) is 14. The Balaban J connectivity index is 1.13. The molecule has 2 saturated heterocycles. The summed E-state index contributed by atoms with van der Waals surface area (Å²) in [7, 11) is 1.42. The molecule has 55 heavy (non-hydrogen) atoms. The monoisotopic (exact) mass is 786 g/mol. The van der Waals surface area contributed by atoms with Crippen LogP contribution in [0, 0.1) is 52.3 Å². The Morgan fingerprint density at radius 2 is 1.45 bits per heavy atom. The van der Waals surface area contributed by atoms with Gasteiger partial charge in [0.05, 0.1) is 49.8 Å². The third-order valence-electron chi connectivity index (χ3n) is 15.4. The van der Waals surface area contributed by atoms with E-state index in [-0.39, 0.29) is 49.2 Å². The van der Waals surface area contributed by atoms with Crippen LogP contribution in [-0.4, -0.2) is 152 Å². The molecule has 0 bridgehead atoms. The molecular weight excluding hydrogens is 716 g/mol. The molecule has 5 fully saturated rings. The standard InChI is InChI=1S/C41H70O14/c1-19(2)23(21(4)16-52-37-34(49)30(45)26(43)17-53-37)9-8-20(3)29-32(47)33(48)36-40(29,6)13-11-28-39(5)12-10-22(14-24(39)25(42)15-41(28,36)50)55-38-35(51-7)31(46)27(44)18-54-38/h14,19-23,25-38,42-50H,8-13,15-18H2,1-7H3/t20-,21-,22+,23+,25-,26+,27-,28-,29+,30+,31+,32-,33+,34+,35-,36-,37-,38+,39+,40-,41+/m1/s1. The van der Waals surface area contributed by atoms with Gasteiger partial charge < -0.3 is 69.6 Å². The van der Waals surface area contributed by atoms with Gasteiger partial charge in [-0.3, -0.25) is 0 Å². The maximum atomic E-state index is 12.9. The van der Waals surface area contributed by atoms with E-state index in [2.05, 4.69) is 41.5 Å². The van der Waals surface area contributed by atoms with Crippen LogP contribution < -0.4 is 0 Å². The lowest BCUT2D eigenvalue weighted by Crippen LogP contribution is -2.66. The minimum atomic E-state index is -1.42. The summed E-state index contributed by atoms with van der Waals surface area (Å²) < 4.78 is 28.7. The number of ether oxygens (including phenoxy) is 5. The smallest absolute Gasteiger partial charge is 0.187 e. The summed E-state index contributed by atoms with van der Waals surface area (Å²) >= 11 is 0. The maximum absolute atomic E-state index is 12.9. The minimum absolute atomic E-state index is 0.0130. The van der Waals surface area contributed by atoms with Crippen molar-refractivity contribution in [3.8, 4) is 0 Å². The second-order valence-electron chi connectivity index (χ2n) is 19.0. The number of aliphatic hydroxyl groups excluding tert-OH is 8. The zero-order chi connectivity index (χ0) is 40.4. The first kappa shape index (κ1) is 43.8. The molecule has 9 N–H and O–H groups in total. The first-order valence-electron chi connectivity index (χ1n) is 20.7. The summed E-state index contributed by atoms with van der Waals surface area (Å²) in [5.41, 5.74) is -1.79. The Labute approximate surface area is 325 Å². The van der Waals surface area contributed by atoms with Crippen molar-refractivity contribution in [3.05, 3.63) is 11.6 Å². The van der Waals surface area contributed by atoms with Crippen LogP contribution in [0.5, 0.6) is 0 Å². The van der Waals surface area contributed by atoms with E-state index >= 15 is 0 Å². The lowest BCUT2D eigenvalue weighted by molar-refractivity contribution is -0.285. The highest BCUT2D eigenvalue weighted by Gasteiger charge is 2.72. The molecule has 14 heteroatoms. The van der Waals surface area contributed by atoms with Gasteiger partial charge in [0.25, 0.3) is 0 Å². The predicted octanol–water partition coefficient (Wildman–Crippen LogP) is 0.851. The molecule has 0 amide bonds. The highest BCUT2D eigenvalue weighted by molar-refractivity contribution is 5.33. The van der Waals surface area contributed by atoms with Crippen LogP contribution in [0.3, 0.4) is 0 Å². The quantitative estimate of drug-likeness (QED) is 0.125. The van der Waals surface area contributed by atoms with Crippen molar-refractivity contribution in [2.45, 2.75) is 166 Å². The highest BCUT2D eigenvalue weighted by Crippen LogP contribution is 2.69. The average molecular weight is 787 g/mol. The summed E-state index contributed by atoms with van der Waals surface area (Å²) in [5.74, 6) is -0.561. The topological polar surface area (TPSA) is 228 Å². The van der Waals surface area contributed by atoms with Gasteiger partial charge in [0.15, 0.2) is 12.6 Å². The SMILES string of the molecule is CO[C@H]1[C@H](O[C@@H]2C=C3[C@H](O)C[C@@]4(O)[C@@H]5[C@@H](O)[C@H](O)[C@H]([C@H](C)CC[C@@H](C(C)C)[C@H](C)CO[C@@H]6OC[C@H](O)[C@H](O)[C@@H]6O)[C@@]5(C)CC[C@@H]4[C@@]3(C)CC2)OC[C@@H](O)[C@@H]1O. The van der Waals surface area contributed by atoms with Gasteiger partial charge in [0.1, 0.15) is 36.6 Å². The molecule has 4 aliphatic carbocycles. The van der Waals surface area contributed by atoms with Gasteiger partial charge in [-0.05, 0) is 84.0 Å². The van der Waals surface area contributed by atoms with E-state index in [1.54, 1.807) is 0 Å². The van der Waals surface area contributed by atoms with Gasteiger partial charge >= 0.3 is 0 Å². The zero-order valence-corrected chi connectivity index (χ0v) is 33.7. The van der Waals surface area contributed by atoms with Crippen LogP contribution in [0.2, 0.25) is 0 Å². The van der Waals surface area contributed by atoms with Crippen molar-refractivity contribution in [1.29, 1.82) is 0 Å². The molecule has 318 valence electrons. The molecule has 0 unspecified atom stereocenters. The Bertz CT molecular complexity index is 1330. The first-order chi connectivity index (χ1) is 25.8. The van der Waals surface area contributed by atoms with Gasteiger partial charge in [-0.15, -0.1) is 0 Å².